The normalized spacial score (nSPS) is 22.9. The van der Waals surface area contributed by atoms with E-state index in [2.05, 4.69) is 46.3 Å². The first-order valence-electron chi connectivity index (χ1n) is 7.24. The Balaban J connectivity index is 2.96. The largest absolute Gasteiger partial charge is 0.396 e. The molecular formula is C17H20INO3. The van der Waals surface area contributed by atoms with Gasteiger partial charge in [0.2, 0.25) is 0 Å². The van der Waals surface area contributed by atoms with Gasteiger partial charge in [-0.2, -0.15) is 0 Å². The zero-order valence-electron chi connectivity index (χ0n) is 12.6. The van der Waals surface area contributed by atoms with Crippen molar-refractivity contribution in [1.29, 1.82) is 0 Å². The molecule has 118 valence electrons. The summed E-state index contributed by atoms with van der Waals surface area (Å²) in [5.41, 5.74) is -0.440. The molecule has 4 nitrogen and oxygen atoms in total. The first-order valence-corrected chi connectivity index (χ1v) is 8.76. The Kier molecular flexibility index (Phi) is 8.22. The van der Waals surface area contributed by atoms with Gasteiger partial charge in [0.15, 0.2) is 0 Å². The van der Waals surface area contributed by atoms with Crippen molar-refractivity contribution in [2.24, 2.45) is 11.3 Å². The van der Waals surface area contributed by atoms with Crippen molar-refractivity contribution in [2.45, 2.75) is 32.6 Å². The molecule has 0 aromatic heterocycles. The summed E-state index contributed by atoms with van der Waals surface area (Å²) in [6.07, 6.45) is 7.93. The van der Waals surface area contributed by atoms with Crippen LogP contribution in [0.25, 0.3) is 0 Å². The Bertz CT molecular complexity index is 574. The summed E-state index contributed by atoms with van der Waals surface area (Å²) in [6, 6.07) is 0. The number of hydrogen-bond acceptors (Lipinski definition) is 3. The van der Waals surface area contributed by atoms with Gasteiger partial charge in [-0.25, -0.2) is 0 Å². The van der Waals surface area contributed by atoms with Crippen molar-refractivity contribution in [3.63, 3.8) is 0 Å². The Labute approximate surface area is 145 Å². The minimum absolute atomic E-state index is 0.0630. The summed E-state index contributed by atoms with van der Waals surface area (Å²) in [6.45, 7) is 2.06. The zero-order valence-corrected chi connectivity index (χ0v) is 14.8. The summed E-state index contributed by atoms with van der Waals surface area (Å²) >= 11 is 2.32. The van der Waals surface area contributed by atoms with E-state index in [4.69, 9.17) is 5.11 Å². The molecule has 22 heavy (non-hydrogen) atoms. The molecule has 1 rings (SSSR count). The van der Waals surface area contributed by atoms with Gasteiger partial charge < -0.3 is 5.11 Å². The molecule has 0 saturated carbocycles. The van der Waals surface area contributed by atoms with Gasteiger partial charge in [0.25, 0.3) is 5.70 Å². The molecule has 0 aromatic rings. The van der Waals surface area contributed by atoms with Crippen LogP contribution in [0.3, 0.4) is 0 Å². The third-order valence-electron chi connectivity index (χ3n) is 3.31. The number of allylic oxidation sites excluding steroid dienone is 3. The van der Waals surface area contributed by atoms with Crippen molar-refractivity contribution in [2.75, 3.05) is 11.0 Å². The van der Waals surface area contributed by atoms with Gasteiger partial charge in [-0.15, -0.1) is 11.8 Å². The molecule has 0 fully saturated rings. The lowest BCUT2D eigenvalue weighted by molar-refractivity contribution is -0.419. The van der Waals surface area contributed by atoms with Crippen LogP contribution in [0.1, 0.15) is 32.6 Å². The number of halogens is 1. The van der Waals surface area contributed by atoms with Crippen LogP contribution < -0.4 is 0 Å². The molecule has 0 saturated heterocycles. The van der Waals surface area contributed by atoms with Crippen LogP contribution in [-0.2, 0) is 0 Å². The molecule has 1 N–H and O–H groups in total. The molecule has 1 aliphatic rings. The average molecular weight is 413 g/mol. The van der Waals surface area contributed by atoms with Crippen molar-refractivity contribution in [1.82, 2.24) is 0 Å². The van der Waals surface area contributed by atoms with Gasteiger partial charge in [0.05, 0.1) is 16.3 Å². The standard InChI is InChI=1S/C17H20INO3/c1-17(10-5-3-6-12-18)11-9-16(19(21)22)14-15(17)8-4-2-7-13-20/h9,11,14-15,20H,2-3,6-7,12-13H2,1H3. The highest BCUT2D eigenvalue weighted by Crippen LogP contribution is 2.34. The summed E-state index contributed by atoms with van der Waals surface area (Å²) in [4.78, 5) is 10.6. The number of alkyl halides is 1. The molecule has 1 aliphatic carbocycles. The van der Waals surface area contributed by atoms with Gasteiger partial charge >= 0.3 is 0 Å². The second-order valence-corrected chi connectivity index (χ2v) is 6.26. The van der Waals surface area contributed by atoms with Crippen molar-refractivity contribution < 1.29 is 10.0 Å². The van der Waals surface area contributed by atoms with Crippen LogP contribution in [0.5, 0.6) is 0 Å². The lowest BCUT2D eigenvalue weighted by atomic mass is 9.74. The quantitative estimate of drug-likeness (QED) is 0.188. The lowest BCUT2D eigenvalue weighted by Gasteiger charge is -2.26. The van der Waals surface area contributed by atoms with Crippen LogP contribution in [0.15, 0.2) is 23.9 Å². The topological polar surface area (TPSA) is 63.4 Å². The van der Waals surface area contributed by atoms with E-state index in [0.717, 1.165) is 17.3 Å². The number of nitro groups is 1. The molecule has 0 aromatic carbocycles. The number of aliphatic hydroxyl groups excluding tert-OH is 1. The summed E-state index contributed by atoms with van der Waals surface area (Å²) in [5.74, 6) is 12.1. The van der Waals surface area contributed by atoms with E-state index in [1.165, 1.54) is 6.08 Å². The molecule has 0 heterocycles. The maximum Gasteiger partial charge on any atom is 0.266 e. The minimum atomic E-state index is -0.503. The number of nitrogens with zero attached hydrogens (tertiary/aromatic N) is 1. The van der Waals surface area contributed by atoms with Crippen LogP contribution in [-0.4, -0.2) is 21.1 Å². The van der Waals surface area contributed by atoms with E-state index in [-0.39, 0.29) is 18.2 Å². The van der Waals surface area contributed by atoms with E-state index in [9.17, 15) is 10.1 Å². The summed E-state index contributed by atoms with van der Waals surface area (Å²) in [7, 11) is 0. The molecule has 0 aliphatic heterocycles. The molecule has 2 unspecified atom stereocenters. The van der Waals surface area contributed by atoms with Crippen molar-refractivity contribution in [3.8, 4) is 23.7 Å². The van der Waals surface area contributed by atoms with Gasteiger partial charge in [0.1, 0.15) is 0 Å². The monoisotopic (exact) mass is 413 g/mol. The molecular weight excluding hydrogens is 393 g/mol. The van der Waals surface area contributed by atoms with Crippen LogP contribution >= 0.6 is 22.6 Å². The Morgan fingerprint density at radius 2 is 2.14 bits per heavy atom. The fraction of sp³-hybridized carbons (Fsp3) is 0.529. The predicted octanol–water partition coefficient (Wildman–Crippen LogP) is 3.33. The fourth-order valence-corrected chi connectivity index (χ4v) is 2.33. The van der Waals surface area contributed by atoms with Crippen LogP contribution in [0.2, 0.25) is 0 Å². The molecule has 5 heteroatoms. The summed E-state index contributed by atoms with van der Waals surface area (Å²) < 4.78 is 1.06. The molecule has 0 bridgehead atoms. The number of unbranched alkanes of at least 4 members (excludes halogenated alkanes) is 2. The summed E-state index contributed by atoms with van der Waals surface area (Å²) in [5, 5.41) is 19.7. The van der Waals surface area contributed by atoms with Crippen LogP contribution in [0, 0.1) is 45.1 Å². The second-order valence-electron chi connectivity index (χ2n) is 5.18. The van der Waals surface area contributed by atoms with E-state index in [1.54, 1.807) is 12.2 Å². The zero-order chi connectivity index (χ0) is 16.4. The van der Waals surface area contributed by atoms with Crippen molar-refractivity contribution in [3.05, 3.63) is 34.0 Å². The number of rotatable bonds is 5. The Morgan fingerprint density at radius 1 is 1.41 bits per heavy atom. The van der Waals surface area contributed by atoms with E-state index < -0.39 is 10.3 Å². The van der Waals surface area contributed by atoms with Gasteiger partial charge in [0, 0.05) is 36.0 Å². The SMILES string of the molecule is CC1(C#CCCCI)C=CC([N+](=O)[O-])=CC1C#CCCCO. The van der Waals surface area contributed by atoms with Gasteiger partial charge in [-0.3, -0.25) is 10.1 Å². The van der Waals surface area contributed by atoms with Crippen LogP contribution in [0.4, 0.5) is 0 Å². The lowest BCUT2D eigenvalue weighted by Crippen LogP contribution is -2.25. The van der Waals surface area contributed by atoms with E-state index >= 15 is 0 Å². The number of aliphatic hydroxyl groups is 1. The smallest absolute Gasteiger partial charge is 0.266 e. The predicted molar refractivity (Wildman–Crippen MR) is 95.8 cm³/mol. The molecule has 0 spiro atoms. The Hall–Kier alpha value is -1.31. The second kappa shape index (κ2) is 9.66. The minimum Gasteiger partial charge on any atom is -0.396 e. The average Bonchev–Trinajstić information content (AvgIpc) is 2.49. The first-order chi connectivity index (χ1) is 10.5. The molecule has 0 radical (unpaired) electrons. The van der Waals surface area contributed by atoms with Gasteiger partial charge in [-0.1, -0.05) is 40.5 Å². The van der Waals surface area contributed by atoms with E-state index in [0.29, 0.717) is 12.8 Å². The Morgan fingerprint density at radius 3 is 2.77 bits per heavy atom. The highest BCUT2D eigenvalue weighted by atomic mass is 127. The third-order valence-corrected chi connectivity index (χ3v) is 4.07. The highest BCUT2D eigenvalue weighted by Gasteiger charge is 2.33. The highest BCUT2D eigenvalue weighted by molar-refractivity contribution is 14.1. The molecule has 2 atom stereocenters. The maximum atomic E-state index is 11.0. The molecule has 0 amide bonds. The van der Waals surface area contributed by atoms with Crippen molar-refractivity contribution >= 4 is 22.6 Å². The number of hydrogen-bond donors (Lipinski definition) is 1. The maximum absolute atomic E-state index is 11.0. The fourth-order valence-electron chi connectivity index (χ4n) is 1.95. The third kappa shape index (κ3) is 5.82. The first kappa shape index (κ1) is 18.7. The van der Waals surface area contributed by atoms with E-state index in [1.807, 2.05) is 6.92 Å². The van der Waals surface area contributed by atoms with Gasteiger partial charge in [-0.05, 0) is 19.8 Å².